The van der Waals surface area contributed by atoms with Crippen molar-refractivity contribution in [1.82, 2.24) is 10.3 Å². The molecule has 7 nitrogen and oxygen atoms in total. The molecular formula is C11H13N3O4S2. The Morgan fingerprint density at radius 1 is 1.50 bits per heavy atom. The number of carbonyl (C=O) groups excluding carboxylic acids is 1. The van der Waals surface area contributed by atoms with Gasteiger partial charge in [0.15, 0.2) is 6.39 Å². The van der Waals surface area contributed by atoms with Crippen LogP contribution in [0.2, 0.25) is 0 Å². The van der Waals surface area contributed by atoms with Crippen LogP contribution in [0.3, 0.4) is 0 Å². The number of carbonyl (C=O) groups is 1. The molecule has 0 unspecified atom stereocenters. The van der Waals surface area contributed by atoms with Crippen molar-refractivity contribution in [2.45, 2.75) is 17.6 Å². The monoisotopic (exact) mass is 315 g/mol. The van der Waals surface area contributed by atoms with Crippen LogP contribution in [-0.2, 0) is 16.4 Å². The zero-order valence-electron chi connectivity index (χ0n) is 10.6. The van der Waals surface area contributed by atoms with E-state index in [2.05, 4.69) is 10.3 Å². The Hall–Kier alpha value is -1.71. The number of nitrogens with zero attached hydrogens (tertiary/aromatic N) is 1. The van der Waals surface area contributed by atoms with E-state index < -0.39 is 10.0 Å². The van der Waals surface area contributed by atoms with Gasteiger partial charge in [0.1, 0.15) is 4.21 Å². The molecule has 0 aliphatic rings. The first-order chi connectivity index (χ1) is 9.38. The largest absolute Gasteiger partial charge is 0.438 e. The van der Waals surface area contributed by atoms with Gasteiger partial charge in [-0.2, -0.15) is 0 Å². The van der Waals surface area contributed by atoms with Gasteiger partial charge in [-0.3, -0.25) is 4.79 Å². The predicted octanol–water partition coefficient (Wildman–Crippen LogP) is 0.664. The number of primary sulfonamides is 1. The van der Waals surface area contributed by atoms with Crippen LogP contribution in [0.1, 0.15) is 21.1 Å². The second kappa shape index (κ2) is 5.73. The fourth-order valence-electron chi connectivity index (χ4n) is 1.54. The number of oxazole rings is 1. The Morgan fingerprint density at radius 3 is 2.80 bits per heavy atom. The van der Waals surface area contributed by atoms with Crippen molar-refractivity contribution in [3.05, 3.63) is 34.9 Å². The SMILES string of the molecule is Cc1ncoc1C(=O)NCCc1ccc(S(N)(=O)=O)s1. The van der Waals surface area contributed by atoms with Crippen LogP contribution in [0, 0.1) is 6.92 Å². The van der Waals surface area contributed by atoms with E-state index in [-0.39, 0.29) is 15.9 Å². The molecule has 2 aromatic rings. The molecule has 0 bridgehead atoms. The lowest BCUT2D eigenvalue weighted by atomic mass is 10.3. The van der Waals surface area contributed by atoms with Crippen molar-refractivity contribution in [1.29, 1.82) is 0 Å². The number of aromatic nitrogens is 1. The molecule has 0 atom stereocenters. The summed E-state index contributed by atoms with van der Waals surface area (Å²) in [5.74, 6) is -0.162. The highest BCUT2D eigenvalue weighted by Gasteiger charge is 2.14. The fourth-order valence-corrected chi connectivity index (χ4v) is 3.32. The van der Waals surface area contributed by atoms with E-state index in [1.54, 1.807) is 13.0 Å². The molecule has 3 N–H and O–H groups in total. The fraction of sp³-hybridized carbons (Fsp3) is 0.273. The minimum absolute atomic E-state index is 0.116. The van der Waals surface area contributed by atoms with Crippen LogP contribution in [0.25, 0.3) is 0 Å². The molecule has 2 heterocycles. The van der Waals surface area contributed by atoms with Gasteiger partial charge in [-0.15, -0.1) is 11.3 Å². The summed E-state index contributed by atoms with van der Waals surface area (Å²) in [5, 5.41) is 7.70. The summed E-state index contributed by atoms with van der Waals surface area (Å²) in [5.41, 5.74) is 0.523. The van der Waals surface area contributed by atoms with Crippen LogP contribution in [0.4, 0.5) is 0 Å². The maximum absolute atomic E-state index is 11.7. The molecule has 0 aliphatic carbocycles. The molecule has 2 rings (SSSR count). The van der Waals surface area contributed by atoms with E-state index in [4.69, 9.17) is 9.56 Å². The summed E-state index contributed by atoms with van der Waals surface area (Å²) in [4.78, 5) is 16.4. The predicted molar refractivity (Wildman–Crippen MR) is 73.0 cm³/mol. The maximum atomic E-state index is 11.7. The highest BCUT2D eigenvalue weighted by molar-refractivity contribution is 7.91. The number of thiophene rings is 1. The molecule has 0 aromatic carbocycles. The maximum Gasteiger partial charge on any atom is 0.289 e. The highest BCUT2D eigenvalue weighted by Crippen LogP contribution is 2.20. The second-order valence-electron chi connectivity index (χ2n) is 4.04. The van der Waals surface area contributed by atoms with Gasteiger partial charge in [-0.25, -0.2) is 18.5 Å². The Bertz CT molecular complexity index is 718. The second-order valence-corrected chi connectivity index (χ2v) is 7.00. The van der Waals surface area contributed by atoms with Gasteiger partial charge >= 0.3 is 0 Å². The standard InChI is InChI=1S/C11H13N3O4S2/c1-7-10(18-6-14-7)11(15)13-5-4-8-2-3-9(19-8)20(12,16)17/h2-3,6H,4-5H2,1H3,(H,13,15)(H2,12,16,17). The Morgan fingerprint density at radius 2 is 2.25 bits per heavy atom. The van der Waals surface area contributed by atoms with E-state index in [1.165, 1.54) is 12.5 Å². The Balaban J connectivity index is 1.89. The van der Waals surface area contributed by atoms with Crippen LogP contribution in [0.5, 0.6) is 0 Å². The number of sulfonamides is 1. The molecule has 0 spiro atoms. The number of aryl methyl sites for hydroxylation is 1. The third-order valence-electron chi connectivity index (χ3n) is 2.53. The third-order valence-corrected chi connectivity index (χ3v) is 5.11. The Labute approximate surface area is 119 Å². The third kappa shape index (κ3) is 3.44. The number of nitrogens with two attached hydrogens (primary N) is 1. The van der Waals surface area contributed by atoms with Gasteiger partial charge in [0.05, 0.1) is 5.69 Å². The van der Waals surface area contributed by atoms with Crippen molar-refractivity contribution >= 4 is 27.3 Å². The van der Waals surface area contributed by atoms with E-state index in [9.17, 15) is 13.2 Å². The van der Waals surface area contributed by atoms with Crippen molar-refractivity contribution in [3.8, 4) is 0 Å². The molecule has 0 radical (unpaired) electrons. The first kappa shape index (κ1) is 14.7. The number of rotatable bonds is 5. The molecule has 0 saturated heterocycles. The topological polar surface area (TPSA) is 115 Å². The first-order valence-electron chi connectivity index (χ1n) is 5.67. The van der Waals surface area contributed by atoms with Crippen molar-refractivity contribution in [3.63, 3.8) is 0 Å². The molecular weight excluding hydrogens is 302 g/mol. The molecule has 9 heteroatoms. The first-order valence-corrected chi connectivity index (χ1v) is 8.04. The lowest BCUT2D eigenvalue weighted by Gasteiger charge is -2.01. The highest BCUT2D eigenvalue weighted by atomic mass is 32.2. The molecule has 1 amide bonds. The summed E-state index contributed by atoms with van der Waals surface area (Å²) in [6.07, 6.45) is 1.72. The summed E-state index contributed by atoms with van der Waals surface area (Å²) < 4.78 is 27.3. The average molecular weight is 315 g/mol. The number of hydrogen-bond acceptors (Lipinski definition) is 6. The summed E-state index contributed by atoms with van der Waals surface area (Å²) >= 11 is 1.09. The van der Waals surface area contributed by atoms with E-state index in [0.717, 1.165) is 16.2 Å². The Kier molecular flexibility index (Phi) is 4.21. The molecule has 0 aliphatic heterocycles. The van der Waals surface area contributed by atoms with Crippen molar-refractivity contribution in [2.24, 2.45) is 5.14 Å². The quantitative estimate of drug-likeness (QED) is 0.841. The van der Waals surface area contributed by atoms with Gasteiger partial charge in [-0.1, -0.05) is 0 Å². The van der Waals surface area contributed by atoms with Gasteiger partial charge < -0.3 is 9.73 Å². The smallest absolute Gasteiger partial charge is 0.289 e. The van der Waals surface area contributed by atoms with Crippen LogP contribution >= 0.6 is 11.3 Å². The minimum Gasteiger partial charge on any atom is -0.438 e. The van der Waals surface area contributed by atoms with Crippen LogP contribution in [-0.4, -0.2) is 25.9 Å². The average Bonchev–Trinajstić information content (AvgIpc) is 2.97. The van der Waals surface area contributed by atoms with Gasteiger partial charge in [0.25, 0.3) is 5.91 Å². The van der Waals surface area contributed by atoms with E-state index in [1.807, 2.05) is 0 Å². The van der Waals surface area contributed by atoms with E-state index in [0.29, 0.717) is 18.7 Å². The van der Waals surface area contributed by atoms with Gasteiger partial charge in [0.2, 0.25) is 15.8 Å². The van der Waals surface area contributed by atoms with Crippen molar-refractivity contribution in [2.75, 3.05) is 6.54 Å². The summed E-state index contributed by atoms with van der Waals surface area (Å²) in [6.45, 7) is 2.04. The van der Waals surface area contributed by atoms with Crippen LogP contribution < -0.4 is 10.5 Å². The van der Waals surface area contributed by atoms with E-state index >= 15 is 0 Å². The van der Waals surface area contributed by atoms with Crippen LogP contribution in [0.15, 0.2) is 27.2 Å². The van der Waals surface area contributed by atoms with Gasteiger partial charge in [0, 0.05) is 11.4 Å². The number of nitrogens with one attached hydrogen (secondary N) is 1. The zero-order valence-corrected chi connectivity index (χ0v) is 12.3. The van der Waals surface area contributed by atoms with Gasteiger partial charge in [-0.05, 0) is 25.5 Å². The zero-order chi connectivity index (χ0) is 14.8. The lowest BCUT2D eigenvalue weighted by molar-refractivity contribution is 0.0925. The molecule has 2 aromatic heterocycles. The number of hydrogen-bond donors (Lipinski definition) is 2. The molecule has 108 valence electrons. The van der Waals surface area contributed by atoms with Crippen molar-refractivity contribution < 1.29 is 17.6 Å². The lowest BCUT2D eigenvalue weighted by Crippen LogP contribution is -2.25. The number of amides is 1. The molecule has 20 heavy (non-hydrogen) atoms. The molecule has 0 saturated carbocycles. The summed E-state index contributed by atoms with van der Waals surface area (Å²) in [6, 6.07) is 3.13. The normalized spacial score (nSPS) is 11.5. The molecule has 0 fully saturated rings. The summed E-state index contributed by atoms with van der Waals surface area (Å²) in [7, 11) is -3.66. The minimum atomic E-state index is -3.66.